The zero-order valence-corrected chi connectivity index (χ0v) is 13.9. The van der Waals surface area contributed by atoms with Gasteiger partial charge in [0.1, 0.15) is 5.76 Å². The van der Waals surface area contributed by atoms with Gasteiger partial charge in [0.05, 0.1) is 11.9 Å². The highest BCUT2D eigenvalue weighted by atomic mass is 16.5. The molecular weight excluding hydrogens is 280 g/mol. The molecule has 2 heterocycles. The van der Waals surface area contributed by atoms with Gasteiger partial charge in [-0.3, -0.25) is 9.67 Å². The van der Waals surface area contributed by atoms with Gasteiger partial charge in [-0.1, -0.05) is 5.16 Å². The Hall–Kier alpha value is -2.31. The van der Waals surface area contributed by atoms with Crippen molar-refractivity contribution in [3.63, 3.8) is 0 Å². The van der Waals surface area contributed by atoms with E-state index < -0.39 is 0 Å². The van der Waals surface area contributed by atoms with Crippen molar-refractivity contribution < 1.29 is 4.52 Å². The molecule has 0 atom stereocenters. The third-order valence-corrected chi connectivity index (χ3v) is 3.59. The largest absolute Gasteiger partial charge is 0.361 e. The number of aryl methyl sites for hydroxylation is 3. The van der Waals surface area contributed by atoms with Crippen LogP contribution in [0.3, 0.4) is 0 Å². The molecule has 0 fully saturated rings. The van der Waals surface area contributed by atoms with E-state index in [9.17, 15) is 0 Å². The number of aliphatic imine (C=N–C) groups is 1. The van der Waals surface area contributed by atoms with Crippen LogP contribution in [0.25, 0.3) is 0 Å². The minimum Gasteiger partial charge on any atom is -0.361 e. The molecule has 0 radical (unpaired) electrons. The molecule has 2 aromatic rings. The van der Waals surface area contributed by atoms with Crippen LogP contribution in [0.1, 0.15) is 22.6 Å². The Labute approximate surface area is 131 Å². The SMILES string of the molecule is CN=C(NCCc1c(C)noc1C)N(C)Cc1cnn(C)c1. The summed E-state index contributed by atoms with van der Waals surface area (Å²) in [5.74, 6) is 1.74. The van der Waals surface area contributed by atoms with Crippen molar-refractivity contribution in [1.29, 1.82) is 0 Å². The van der Waals surface area contributed by atoms with Gasteiger partial charge in [0, 0.05) is 51.6 Å². The van der Waals surface area contributed by atoms with Crippen molar-refractivity contribution >= 4 is 5.96 Å². The molecule has 1 N–H and O–H groups in total. The molecule has 22 heavy (non-hydrogen) atoms. The molecule has 0 aromatic carbocycles. The molecule has 2 rings (SSSR count). The van der Waals surface area contributed by atoms with Crippen LogP contribution in [-0.2, 0) is 20.0 Å². The van der Waals surface area contributed by atoms with Gasteiger partial charge in [-0.25, -0.2) is 0 Å². The van der Waals surface area contributed by atoms with E-state index in [0.717, 1.165) is 48.1 Å². The van der Waals surface area contributed by atoms with Crippen LogP contribution in [-0.4, -0.2) is 46.4 Å². The fourth-order valence-corrected chi connectivity index (χ4v) is 2.45. The summed E-state index contributed by atoms with van der Waals surface area (Å²) in [4.78, 5) is 6.39. The van der Waals surface area contributed by atoms with Crippen molar-refractivity contribution in [2.24, 2.45) is 12.0 Å². The normalized spacial score (nSPS) is 11.8. The van der Waals surface area contributed by atoms with Crippen LogP contribution in [0.5, 0.6) is 0 Å². The third-order valence-electron chi connectivity index (χ3n) is 3.59. The van der Waals surface area contributed by atoms with Crippen molar-refractivity contribution in [3.05, 3.63) is 35.0 Å². The number of hydrogen-bond donors (Lipinski definition) is 1. The van der Waals surface area contributed by atoms with Gasteiger partial charge in [0.25, 0.3) is 0 Å². The van der Waals surface area contributed by atoms with E-state index in [1.54, 1.807) is 11.7 Å². The minimum atomic E-state index is 0.763. The Morgan fingerprint density at radius 1 is 1.45 bits per heavy atom. The zero-order chi connectivity index (χ0) is 16.1. The van der Waals surface area contributed by atoms with E-state index in [0.29, 0.717) is 0 Å². The van der Waals surface area contributed by atoms with Gasteiger partial charge in [0.15, 0.2) is 5.96 Å². The molecule has 0 aliphatic carbocycles. The maximum Gasteiger partial charge on any atom is 0.193 e. The second-order valence-electron chi connectivity index (χ2n) is 5.41. The van der Waals surface area contributed by atoms with Crippen molar-refractivity contribution in [2.45, 2.75) is 26.8 Å². The highest BCUT2D eigenvalue weighted by Gasteiger charge is 2.11. The van der Waals surface area contributed by atoms with Crippen LogP contribution >= 0.6 is 0 Å². The number of nitrogens with zero attached hydrogens (tertiary/aromatic N) is 5. The summed E-state index contributed by atoms with van der Waals surface area (Å²) >= 11 is 0. The lowest BCUT2D eigenvalue weighted by Crippen LogP contribution is -2.39. The smallest absolute Gasteiger partial charge is 0.193 e. The van der Waals surface area contributed by atoms with Crippen LogP contribution in [0.15, 0.2) is 21.9 Å². The fraction of sp³-hybridized carbons (Fsp3) is 0.533. The average molecular weight is 304 g/mol. The Balaban J connectivity index is 1.87. The molecule has 0 bridgehead atoms. The van der Waals surface area contributed by atoms with Crippen LogP contribution in [0, 0.1) is 13.8 Å². The molecule has 0 amide bonds. The third kappa shape index (κ3) is 3.87. The topological polar surface area (TPSA) is 71.5 Å². The lowest BCUT2D eigenvalue weighted by Gasteiger charge is -2.21. The fourth-order valence-electron chi connectivity index (χ4n) is 2.45. The number of nitrogens with one attached hydrogen (secondary N) is 1. The van der Waals surface area contributed by atoms with Gasteiger partial charge in [0.2, 0.25) is 0 Å². The summed E-state index contributed by atoms with van der Waals surface area (Å²) in [6.07, 6.45) is 4.74. The lowest BCUT2D eigenvalue weighted by atomic mass is 10.1. The molecule has 0 aliphatic heterocycles. The van der Waals surface area contributed by atoms with Crippen molar-refractivity contribution in [2.75, 3.05) is 20.6 Å². The van der Waals surface area contributed by atoms with Crippen molar-refractivity contribution in [1.82, 2.24) is 25.2 Å². The lowest BCUT2D eigenvalue weighted by molar-refractivity contribution is 0.392. The molecule has 0 spiro atoms. The predicted octanol–water partition coefficient (Wildman–Crippen LogP) is 1.27. The van der Waals surface area contributed by atoms with Gasteiger partial charge >= 0.3 is 0 Å². The molecular formula is C15H24N6O. The molecule has 0 saturated heterocycles. The van der Waals surface area contributed by atoms with Crippen LogP contribution in [0.4, 0.5) is 0 Å². The van der Waals surface area contributed by atoms with Gasteiger partial charge in [-0.2, -0.15) is 5.10 Å². The minimum absolute atomic E-state index is 0.763. The second kappa shape index (κ2) is 7.11. The monoisotopic (exact) mass is 304 g/mol. The van der Waals surface area contributed by atoms with E-state index in [1.807, 2.05) is 40.3 Å². The molecule has 7 nitrogen and oxygen atoms in total. The number of guanidine groups is 1. The zero-order valence-electron chi connectivity index (χ0n) is 13.9. The Morgan fingerprint density at radius 2 is 2.23 bits per heavy atom. The van der Waals surface area contributed by atoms with E-state index in [1.165, 1.54) is 0 Å². The van der Waals surface area contributed by atoms with Gasteiger partial charge in [-0.05, 0) is 20.3 Å². The second-order valence-corrected chi connectivity index (χ2v) is 5.41. The van der Waals surface area contributed by atoms with E-state index in [2.05, 4.69) is 25.5 Å². The maximum absolute atomic E-state index is 5.18. The molecule has 0 aliphatic rings. The summed E-state index contributed by atoms with van der Waals surface area (Å²) in [6, 6.07) is 0. The quantitative estimate of drug-likeness (QED) is 0.665. The first-order valence-corrected chi connectivity index (χ1v) is 7.32. The summed E-state index contributed by atoms with van der Waals surface area (Å²) in [6.45, 7) is 5.46. The Morgan fingerprint density at radius 3 is 2.77 bits per heavy atom. The van der Waals surface area contributed by atoms with Gasteiger partial charge < -0.3 is 14.7 Å². The van der Waals surface area contributed by atoms with E-state index >= 15 is 0 Å². The van der Waals surface area contributed by atoms with Crippen LogP contribution < -0.4 is 5.32 Å². The predicted molar refractivity (Wildman–Crippen MR) is 85.7 cm³/mol. The summed E-state index contributed by atoms with van der Waals surface area (Å²) in [5, 5.41) is 11.5. The van der Waals surface area contributed by atoms with E-state index in [-0.39, 0.29) is 0 Å². The molecule has 0 saturated carbocycles. The van der Waals surface area contributed by atoms with Gasteiger partial charge in [-0.15, -0.1) is 0 Å². The molecule has 0 unspecified atom stereocenters. The first-order chi connectivity index (χ1) is 10.5. The highest BCUT2D eigenvalue weighted by molar-refractivity contribution is 5.79. The molecule has 7 heteroatoms. The van der Waals surface area contributed by atoms with Crippen molar-refractivity contribution in [3.8, 4) is 0 Å². The number of aromatic nitrogens is 3. The average Bonchev–Trinajstić information content (AvgIpc) is 3.02. The Bertz CT molecular complexity index is 623. The Kier molecular flexibility index (Phi) is 5.19. The van der Waals surface area contributed by atoms with E-state index in [4.69, 9.17) is 4.52 Å². The summed E-state index contributed by atoms with van der Waals surface area (Å²) in [5.41, 5.74) is 3.27. The van der Waals surface area contributed by atoms with Crippen LogP contribution in [0.2, 0.25) is 0 Å². The first kappa shape index (κ1) is 16.1. The maximum atomic E-state index is 5.18. The first-order valence-electron chi connectivity index (χ1n) is 7.32. The number of hydrogen-bond acceptors (Lipinski definition) is 4. The summed E-state index contributed by atoms with van der Waals surface area (Å²) < 4.78 is 6.98. The highest BCUT2D eigenvalue weighted by Crippen LogP contribution is 2.12. The standard InChI is InChI=1S/C15H24N6O/c1-11-14(12(2)22-19-11)6-7-17-15(16-3)20(4)9-13-8-18-21(5)10-13/h8,10H,6-7,9H2,1-5H3,(H,16,17). The number of rotatable bonds is 5. The molecule has 2 aromatic heterocycles. The molecule has 120 valence electrons. The summed E-state index contributed by atoms with van der Waals surface area (Å²) in [7, 11) is 5.72.